The smallest absolute Gasteiger partial charge is 0.124 e. The van der Waals surface area contributed by atoms with E-state index >= 15 is 0 Å². The Bertz CT molecular complexity index is 362. The lowest BCUT2D eigenvalue weighted by Crippen LogP contribution is -2.34. The van der Waals surface area contributed by atoms with Gasteiger partial charge in [-0.1, -0.05) is 22.0 Å². The average molecular weight is 272 g/mol. The van der Waals surface area contributed by atoms with Crippen LogP contribution < -0.4 is 5.32 Å². The van der Waals surface area contributed by atoms with Gasteiger partial charge in [-0.2, -0.15) is 0 Å². The molecule has 1 atom stereocenters. The molecule has 0 amide bonds. The van der Waals surface area contributed by atoms with Crippen LogP contribution in [0, 0.1) is 6.92 Å². The highest BCUT2D eigenvalue weighted by atomic mass is 79.9. The van der Waals surface area contributed by atoms with Gasteiger partial charge in [0.15, 0.2) is 0 Å². The third kappa shape index (κ3) is 2.17. The van der Waals surface area contributed by atoms with Gasteiger partial charge in [0.25, 0.3) is 0 Å². The summed E-state index contributed by atoms with van der Waals surface area (Å²) in [5.74, 6) is 0.354. The van der Waals surface area contributed by atoms with Crippen LogP contribution in [0.15, 0.2) is 16.6 Å². The van der Waals surface area contributed by atoms with E-state index in [9.17, 15) is 5.11 Å². The van der Waals surface area contributed by atoms with Gasteiger partial charge in [0.1, 0.15) is 5.75 Å². The van der Waals surface area contributed by atoms with Crippen LogP contribution >= 0.6 is 15.9 Å². The van der Waals surface area contributed by atoms with Gasteiger partial charge < -0.3 is 15.2 Å². The molecule has 1 aromatic rings. The Balaban J connectivity index is 2.36. The summed E-state index contributed by atoms with van der Waals surface area (Å²) in [6.45, 7) is 4.07. The number of morpholine rings is 1. The molecule has 1 aromatic carbocycles. The molecule has 1 heterocycles. The zero-order valence-electron chi connectivity index (χ0n) is 8.59. The molecule has 2 rings (SSSR count). The number of hydrogen-bond acceptors (Lipinski definition) is 3. The lowest BCUT2D eigenvalue weighted by molar-refractivity contribution is 0.0758. The van der Waals surface area contributed by atoms with E-state index in [0.717, 1.165) is 28.8 Å². The van der Waals surface area contributed by atoms with E-state index in [0.29, 0.717) is 12.4 Å². The van der Waals surface area contributed by atoms with Gasteiger partial charge in [0.05, 0.1) is 19.3 Å². The van der Waals surface area contributed by atoms with Crippen molar-refractivity contribution in [3.63, 3.8) is 0 Å². The highest BCUT2D eigenvalue weighted by molar-refractivity contribution is 9.10. The van der Waals surface area contributed by atoms with Gasteiger partial charge in [0.2, 0.25) is 0 Å². The minimum absolute atomic E-state index is 0.0769. The van der Waals surface area contributed by atoms with E-state index in [1.165, 1.54) is 0 Å². The molecule has 0 saturated carbocycles. The van der Waals surface area contributed by atoms with Gasteiger partial charge >= 0.3 is 0 Å². The van der Waals surface area contributed by atoms with E-state index in [1.807, 2.05) is 19.1 Å². The Morgan fingerprint density at radius 3 is 3.00 bits per heavy atom. The fourth-order valence-electron chi connectivity index (χ4n) is 1.77. The summed E-state index contributed by atoms with van der Waals surface area (Å²) < 4.78 is 6.32. The van der Waals surface area contributed by atoms with Crippen LogP contribution in [-0.4, -0.2) is 24.9 Å². The highest BCUT2D eigenvalue weighted by Crippen LogP contribution is 2.34. The maximum absolute atomic E-state index is 10.0. The molecule has 0 aliphatic carbocycles. The van der Waals surface area contributed by atoms with E-state index in [1.54, 1.807) is 0 Å². The Labute approximate surface area is 97.6 Å². The number of rotatable bonds is 1. The van der Waals surface area contributed by atoms with Crippen molar-refractivity contribution in [2.24, 2.45) is 0 Å². The van der Waals surface area contributed by atoms with Crippen molar-refractivity contribution >= 4 is 15.9 Å². The lowest BCUT2D eigenvalue weighted by atomic mass is 10.0. The fraction of sp³-hybridized carbons (Fsp3) is 0.455. The number of hydrogen-bond donors (Lipinski definition) is 2. The summed E-state index contributed by atoms with van der Waals surface area (Å²) in [5, 5.41) is 13.3. The summed E-state index contributed by atoms with van der Waals surface area (Å²) >= 11 is 3.46. The molecule has 0 unspecified atom stereocenters. The van der Waals surface area contributed by atoms with Crippen molar-refractivity contribution in [1.29, 1.82) is 0 Å². The number of aromatic hydroxyl groups is 1. The molecule has 1 saturated heterocycles. The topological polar surface area (TPSA) is 41.5 Å². The minimum atomic E-state index is 0.0769. The predicted molar refractivity (Wildman–Crippen MR) is 62.1 cm³/mol. The number of phenols is 1. The second-order valence-electron chi connectivity index (χ2n) is 3.71. The Kier molecular flexibility index (Phi) is 3.29. The zero-order chi connectivity index (χ0) is 10.8. The van der Waals surface area contributed by atoms with Crippen LogP contribution in [0.3, 0.4) is 0 Å². The number of phenolic OH excluding ortho intramolecular Hbond substituents is 1. The monoisotopic (exact) mass is 271 g/mol. The van der Waals surface area contributed by atoms with Crippen molar-refractivity contribution in [3.8, 4) is 5.75 Å². The van der Waals surface area contributed by atoms with E-state index in [4.69, 9.17) is 4.74 Å². The molecule has 2 N–H and O–H groups in total. The molecule has 82 valence electrons. The number of nitrogens with one attached hydrogen (secondary N) is 1. The first-order chi connectivity index (χ1) is 7.20. The Hall–Kier alpha value is -0.580. The standard InChI is InChI=1S/C11H14BrNO2/c1-7-2-3-8(12)10(11(7)14)9-6-15-5-4-13-9/h2-3,9,13-14H,4-6H2,1H3/t9-/m0/s1. The van der Waals surface area contributed by atoms with E-state index in [-0.39, 0.29) is 6.04 Å². The predicted octanol–water partition coefficient (Wildman–Crippen LogP) is 2.12. The highest BCUT2D eigenvalue weighted by Gasteiger charge is 2.21. The molecule has 0 aromatic heterocycles. The quantitative estimate of drug-likeness (QED) is 0.822. The third-order valence-electron chi connectivity index (χ3n) is 2.64. The number of ether oxygens (including phenoxy) is 1. The van der Waals surface area contributed by atoms with Crippen molar-refractivity contribution in [2.45, 2.75) is 13.0 Å². The number of halogens is 1. The summed E-state index contributed by atoms with van der Waals surface area (Å²) in [7, 11) is 0. The SMILES string of the molecule is Cc1ccc(Br)c([C@@H]2COCCN2)c1O. The van der Waals surface area contributed by atoms with Crippen LogP contribution in [-0.2, 0) is 4.74 Å². The summed E-state index contributed by atoms with van der Waals surface area (Å²) in [5.41, 5.74) is 1.79. The summed E-state index contributed by atoms with van der Waals surface area (Å²) in [6.07, 6.45) is 0. The first kappa shape index (κ1) is 10.9. The lowest BCUT2D eigenvalue weighted by Gasteiger charge is -2.26. The van der Waals surface area contributed by atoms with Crippen LogP contribution in [0.2, 0.25) is 0 Å². The molecule has 15 heavy (non-hydrogen) atoms. The van der Waals surface area contributed by atoms with Crippen LogP contribution in [0.4, 0.5) is 0 Å². The van der Waals surface area contributed by atoms with Crippen LogP contribution in [0.25, 0.3) is 0 Å². The summed E-state index contributed by atoms with van der Waals surface area (Å²) in [6, 6.07) is 3.93. The van der Waals surface area contributed by atoms with E-state index < -0.39 is 0 Å². The fourth-order valence-corrected chi connectivity index (χ4v) is 2.37. The molecular formula is C11H14BrNO2. The molecule has 4 heteroatoms. The van der Waals surface area contributed by atoms with Gasteiger partial charge in [-0.25, -0.2) is 0 Å². The maximum atomic E-state index is 10.0. The first-order valence-electron chi connectivity index (χ1n) is 4.99. The number of aryl methyl sites for hydroxylation is 1. The van der Waals surface area contributed by atoms with E-state index in [2.05, 4.69) is 21.2 Å². The Morgan fingerprint density at radius 2 is 2.33 bits per heavy atom. The van der Waals surface area contributed by atoms with Gasteiger partial charge in [-0.15, -0.1) is 0 Å². The second-order valence-corrected chi connectivity index (χ2v) is 4.56. The van der Waals surface area contributed by atoms with Crippen LogP contribution in [0.1, 0.15) is 17.2 Å². The molecule has 1 aliphatic heterocycles. The molecule has 0 spiro atoms. The normalized spacial score (nSPS) is 21.6. The van der Waals surface area contributed by atoms with Crippen molar-refractivity contribution in [3.05, 3.63) is 27.7 Å². The third-order valence-corrected chi connectivity index (χ3v) is 3.33. The van der Waals surface area contributed by atoms with Crippen molar-refractivity contribution < 1.29 is 9.84 Å². The van der Waals surface area contributed by atoms with Crippen molar-refractivity contribution in [1.82, 2.24) is 5.32 Å². The second kappa shape index (κ2) is 4.51. The molecular weight excluding hydrogens is 258 g/mol. The summed E-state index contributed by atoms with van der Waals surface area (Å²) in [4.78, 5) is 0. The first-order valence-corrected chi connectivity index (χ1v) is 5.78. The number of benzene rings is 1. The average Bonchev–Trinajstić information content (AvgIpc) is 2.26. The molecule has 0 radical (unpaired) electrons. The molecule has 3 nitrogen and oxygen atoms in total. The van der Waals surface area contributed by atoms with Crippen molar-refractivity contribution in [2.75, 3.05) is 19.8 Å². The van der Waals surface area contributed by atoms with Gasteiger partial charge in [0, 0.05) is 16.6 Å². The van der Waals surface area contributed by atoms with Crippen LogP contribution in [0.5, 0.6) is 5.75 Å². The molecule has 1 aliphatic rings. The van der Waals surface area contributed by atoms with Gasteiger partial charge in [-0.3, -0.25) is 0 Å². The molecule has 1 fully saturated rings. The Morgan fingerprint density at radius 1 is 1.53 bits per heavy atom. The largest absolute Gasteiger partial charge is 0.507 e. The maximum Gasteiger partial charge on any atom is 0.124 e. The minimum Gasteiger partial charge on any atom is -0.507 e. The van der Waals surface area contributed by atoms with Gasteiger partial charge in [-0.05, 0) is 18.6 Å². The zero-order valence-corrected chi connectivity index (χ0v) is 10.2. The molecule has 0 bridgehead atoms.